The molecule has 1 atom stereocenters. The van der Waals surface area contributed by atoms with Crippen LogP contribution in [-0.4, -0.2) is 46.0 Å². The lowest BCUT2D eigenvalue weighted by atomic mass is 9.89. The van der Waals surface area contributed by atoms with Crippen LogP contribution in [-0.2, 0) is 10.0 Å². The number of H-pyrrole nitrogens is 1. The molecule has 1 unspecified atom stereocenters. The second-order valence-electron chi connectivity index (χ2n) is 7.13. The van der Waals surface area contributed by atoms with E-state index < -0.39 is 10.0 Å². The summed E-state index contributed by atoms with van der Waals surface area (Å²) in [6.07, 6.45) is 11.0. The van der Waals surface area contributed by atoms with E-state index in [0.29, 0.717) is 13.1 Å². The predicted molar refractivity (Wildman–Crippen MR) is 96.9 cm³/mol. The first-order chi connectivity index (χ1) is 12.1. The van der Waals surface area contributed by atoms with Gasteiger partial charge in [-0.15, -0.1) is 0 Å². The van der Waals surface area contributed by atoms with Crippen molar-refractivity contribution in [3.05, 3.63) is 36.4 Å². The molecule has 1 aliphatic carbocycles. The fourth-order valence-electron chi connectivity index (χ4n) is 4.02. The minimum absolute atomic E-state index is 0.141. The molecular formula is C18H20N4O2S. The van der Waals surface area contributed by atoms with E-state index in [1.807, 2.05) is 30.9 Å². The van der Waals surface area contributed by atoms with Crippen LogP contribution in [0.15, 0.2) is 30.9 Å². The molecule has 0 amide bonds. The van der Waals surface area contributed by atoms with Gasteiger partial charge < -0.3 is 4.98 Å². The molecule has 3 aromatic rings. The van der Waals surface area contributed by atoms with Gasteiger partial charge in [0.15, 0.2) is 0 Å². The lowest BCUT2D eigenvalue weighted by Gasteiger charge is -2.32. The van der Waals surface area contributed by atoms with Gasteiger partial charge in [-0.3, -0.25) is 4.98 Å². The van der Waals surface area contributed by atoms with Gasteiger partial charge in [0.05, 0.1) is 5.25 Å². The zero-order chi connectivity index (χ0) is 17.0. The predicted octanol–water partition coefficient (Wildman–Crippen LogP) is 2.78. The number of nitrogens with zero attached hydrogens (tertiary/aromatic N) is 3. The lowest BCUT2D eigenvalue weighted by molar-refractivity contribution is 0.316. The molecule has 130 valence electrons. The number of pyridine rings is 2. The molecule has 2 fully saturated rings. The second kappa shape index (κ2) is 5.51. The van der Waals surface area contributed by atoms with Crippen LogP contribution in [0.5, 0.6) is 0 Å². The summed E-state index contributed by atoms with van der Waals surface area (Å²) in [5.74, 6) is 0.180. The van der Waals surface area contributed by atoms with E-state index in [2.05, 4.69) is 15.0 Å². The van der Waals surface area contributed by atoms with Crippen LogP contribution in [0, 0.1) is 0 Å². The Morgan fingerprint density at radius 2 is 2.04 bits per heavy atom. The van der Waals surface area contributed by atoms with Crippen LogP contribution >= 0.6 is 0 Å². The standard InChI is InChI=1S/C18H20N4O2S/c23-25(24,14-3-4-14)22-7-1-2-12(11-22)16-10-19-8-13-9-21-18-15(17(13)16)5-6-20-18/h5-6,8-10,12,14H,1-4,7,11H2,(H,20,21). The fourth-order valence-corrected chi connectivity index (χ4v) is 5.94. The third-order valence-electron chi connectivity index (χ3n) is 5.46. The smallest absolute Gasteiger partial charge is 0.217 e. The quantitative estimate of drug-likeness (QED) is 0.783. The molecule has 2 aliphatic rings. The minimum atomic E-state index is -3.12. The molecule has 6 nitrogen and oxygen atoms in total. The highest BCUT2D eigenvalue weighted by Gasteiger charge is 2.41. The van der Waals surface area contributed by atoms with Crippen molar-refractivity contribution in [3.63, 3.8) is 0 Å². The van der Waals surface area contributed by atoms with Crippen molar-refractivity contribution in [2.24, 2.45) is 0 Å². The third-order valence-corrected chi connectivity index (χ3v) is 7.83. The Balaban J connectivity index is 1.59. The SMILES string of the molecule is O=S(=O)(C1CC1)N1CCCC(c2cncc3cnc4[nH]ccc4c23)C1. The van der Waals surface area contributed by atoms with Crippen LogP contribution in [0.4, 0.5) is 0 Å². The number of hydrogen-bond donors (Lipinski definition) is 1. The average molecular weight is 356 g/mol. The first-order valence-electron chi connectivity index (χ1n) is 8.83. The van der Waals surface area contributed by atoms with Crippen LogP contribution in [0.2, 0.25) is 0 Å². The normalized spacial score (nSPS) is 22.6. The maximum absolute atomic E-state index is 12.7. The van der Waals surface area contributed by atoms with Crippen LogP contribution in [0.1, 0.15) is 37.2 Å². The first kappa shape index (κ1) is 15.3. The van der Waals surface area contributed by atoms with Crippen LogP contribution in [0.3, 0.4) is 0 Å². The zero-order valence-corrected chi connectivity index (χ0v) is 14.7. The molecule has 0 spiro atoms. The van der Waals surface area contributed by atoms with E-state index in [-0.39, 0.29) is 11.2 Å². The molecule has 1 saturated carbocycles. The Bertz CT molecular complexity index is 1060. The zero-order valence-electron chi connectivity index (χ0n) is 13.9. The van der Waals surface area contributed by atoms with Crippen LogP contribution < -0.4 is 0 Å². The van der Waals surface area contributed by atoms with Crippen molar-refractivity contribution in [1.82, 2.24) is 19.3 Å². The summed E-state index contributed by atoms with van der Waals surface area (Å²) < 4.78 is 27.0. The molecule has 1 N–H and O–H groups in total. The molecule has 5 rings (SSSR count). The molecule has 1 aliphatic heterocycles. The molecule has 0 bridgehead atoms. The topological polar surface area (TPSA) is 79.0 Å². The summed E-state index contributed by atoms with van der Waals surface area (Å²) in [7, 11) is -3.12. The second-order valence-corrected chi connectivity index (χ2v) is 9.35. The summed E-state index contributed by atoms with van der Waals surface area (Å²) >= 11 is 0. The van der Waals surface area contributed by atoms with E-state index in [9.17, 15) is 8.42 Å². The van der Waals surface area contributed by atoms with Gasteiger partial charge >= 0.3 is 0 Å². The molecule has 3 aromatic heterocycles. The fraction of sp³-hybridized carbons (Fsp3) is 0.444. The van der Waals surface area contributed by atoms with Gasteiger partial charge in [0, 0.05) is 54.0 Å². The highest BCUT2D eigenvalue weighted by Crippen LogP contribution is 2.38. The Kier molecular flexibility index (Phi) is 3.36. The van der Waals surface area contributed by atoms with Gasteiger partial charge in [-0.25, -0.2) is 17.7 Å². The van der Waals surface area contributed by atoms with Crippen molar-refractivity contribution >= 4 is 31.8 Å². The van der Waals surface area contributed by atoms with Crippen molar-refractivity contribution in [2.75, 3.05) is 13.1 Å². The number of nitrogens with one attached hydrogen (secondary N) is 1. The van der Waals surface area contributed by atoms with Crippen molar-refractivity contribution in [2.45, 2.75) is 36.9 Å². The molecule has 0 radical (unpaired) electrons. The number of hydrogen-bond acceptors (Lipinski definition) is 4. The summed E-state index contributed by atoms with van der Waals surface area (Å²) in [4.78, 5) is 12.0. The van der Waals surface area contributed by atoms with E-state index in [1.165, 1.54) is 0 Å². The number of sulfonamides is 1. The molecule has 25 heavy (non-hydrogen) atoms. The van der Waals surface area contributed by atoms with Crippen LogP contribution in [0.25, 0.3) is 21.8 Å². The van der Waals surface area contributed by atoms with Crippen molar-refractivity contribution in [3.8, 4) is 0 Å². The van der Waals surface area contributed by atoms with Crippen molar-refractivity contribution in [1.29, 1.82) is 0 Å². The maximum Gasteiger partial charge on any atom is 0.217 e. The number of fused-ring (bicyclic) bond motifs is 3. The molecule has 0 aromatic carbocycles. The number of aromatic nitrogens is 3. The van der Waals surface area contributed by atoms with Gasteiger partial charge in [0.2, 0.25) is 10.0 Å². The Hall–Kier alpha value is -1.99. The highest BCUT2D eigenvalue weighted by atomic mass is 32.2. The molecule has 1 saturated heterocycles. The Labute approximate surface area is 146 Å². The number of aromatic amines is 1. The van der Waals surface area contributed by atoms with E-state index in [0.717, 1.165) is 53.1 Å². The van der Waals surface area contributed by atoms with Gasteiger partial charge in [-0.1, -0.05) is 0 Å². The minimum Gasteiger partial charge on any atom is -0.346 e. The lowest BCUT2D eigenvalue weighted by Crippen LogP contribution is -2.40. The summed E-state index contributed by atoms with van der Waals surface area (Å²) in [5.41, 5.74) is 2.00. The molecular weight excluding hydrogens is 336 g/mol. The monoisotopic (exact) mass is 356 g/mol. The van der Waals surface area contributed by atoms with Crippen molar-refractivity contribution < 1.29 is 8.42 Å². The van der Waals surface area contributed by atoms with E-state index in [4.69, 9.17) is 0 Å². The summed E-state index contributed by atoms with van der Waals surface area (Å²) in [6, 6.07) is 2.04. The summed E-state index contributed by atoms with van der Waals surface area (Å²) in [5, 5.41) is 3.10. The Morgan fingerprint density at radius 3 is 2.88 bits per heavy atom. The van der Waals surface area contributed by atoms with Gasteiger partial charge in [0.25, 0.3) is 0 Å². The third kappa shape index (κ3) is 2.45. The molecule has 4 heterocycles. The maximum atomic E-state index is 12.7. The number of piperidine rings is 1. The molecule has 7 heteroatoms. The van der Waals surface area contributed by atoms with E-state index in [1.54, 1.807) is 4.31 Å². The Morgan fingerprint density at radius 1 is 1.16 bits per heavy atom. The van der Waals surface area contributed by atoms with Gasteiger partial charge in [0.1, 0.15) is 5.65 Å². The largest absolute Gasteiger partial charge is 0.346 e. The van der Waals surface area contributed by atoms with Gasteiger partial charge in [-0.2, -0.15) is 0 Å². The average Bonchev–Trinajstić information content (AvgIpc) is 3.39. The van der Waals surface area contributed by atoms with Gasteiger partial charge in [-0.05, 0) is 43.2 Å². The first-order valence-corrected chi connectivity index (χ1v) is 10.3. The number of rotatable bonds is 3. The summed E-state index contributed by atoms with van der Waals surface area (Å²) in [6.45, 7) is 1.21. The highest BCUT2D eigenvalue weighted by molar-refractivity contribution is 7.90. The van der Waals surface area contributed by atoms with E-state index >= 15 is 0 Å².